The lowest BCUT2D eigenvalue weighted by Crippen LogP contribution is -2.26. The van der Waals surface area contributed by atoms with Crippen molar-refractivity contribution in [2.24, 2.45) is 0 Å². The van der Waals surface area contributed by atoms with E-state index in [2.05, 4.69) is 12.2 Å². The Bertz CT molecular complexity index is 1420. The summed E-state index contributed by atoms with van der Waals surface area (Å²) in [5, 5.41) is 12.3. The predicted octanol–water partition coefficient (Wildman–Crippen LogP) is 4.34. The fraction of sp³-hybridized carbons (Fsp3) is 0.467. The van der Waals surface area contributed by atoms with Crippen LogP contribution in [0.4, 0.5) is 4.39 Å². The fourth-order valence-corrected chi connectivity index (χ4v) is 5.18. The van der Waals surface area contributed by atoms with E-state index < -0.39 is 12.0 Å². The molecule has 0 bridgehead atoms. The molecule has 0 saturated heterocycles. The van der Waals surface area contributed by atoms with Crippen LogP contribution >= 0.6 is 0 Å². The largest absolute Gasteiger partial charge is 0.386 e. The number of ether oxygens (including phenoxy) is 1. The van der Waals surface area contributed by atoms with Crippen molar-refractivity contribution in [1.29, 1.82) is 0 Å². The number of aldehydes is 2. The van der Waals surface area contributed by atoms with Crippen molar-refractivity contribution in [1.82, 2.24) is 14.9 Å². The topological polar surface area (TPSA) is 111 Å². The first-order valence-corrected chi connectivity index (χ1v) is 13.3. The maximum Gasteiger partial charge on any atom is 0.257 e. The number of hydrogen-bond donors (Lipinski definition) is 2. The summed E-state index contributed by atoms with van der Waals surface area (Å²) in [7, 11) is 3.47. The number of hydrogen-bond acceptors (Lipinski definition) is 7. The van der Waals surface area contributed by atoms with Crippen molar-refractivity contribution in [2.75, 3.05) is 14.2 Å². The van der Waals surface area contributed by atoms with Crippen molar-refractivity contribution in [2.45, 2.75) is 78.2 Å². The molecular weight excluding hydrogens is 501 g/mol. The highest BCUT2D eigenvalue weighted by atomic mass is 19.1. The standard InChI is InChI=1S/C27H32FN3O3.C3H6O2/c1-6-8-22(29-4)25-18-9-15(3)21(28)11-23(18)30-26-19(25)12-31-24(26)10-17(16(7-2)13-32)20(14-34-5)27(31)33;1-3(5)2-4/h9-11,13,16,22,29H,6-8,12,14H2,1-5H3;2-3,5H,1H3. The van der Waals surface area contributed by atoms with Crippen molar-refractivity contribution in [3.8, 4) is 11.4 Å². The second kappa shape index (κ2) is 13.2. The number of aromatic nitrogens is 2. The van der Waals surface area contributed by atoms with Gasteiger partial charge in [0.2, 0.25) is 0 Å². The number of aryl methyl sites for hydroxylation is 1. The van der Waals surface area contributed by atoms with Gasteiger partial charge in [-0.2, -0.15) is 0 Å². The third-order valence-electron chi connectivity index (χ3n) is 7.17. The van der Waals surface area contributed by atoms with Gasteiger partial charge in [-0.15, -0.1) is 0 Å². The molecule has 3 atom stereocenters. The first kappa shape index (κ1) is 30.3. The number of fused-ring (bicyclic) bond motifs is 4. The molecule has 0 saturated carbocycles. The molecule has 3 aromatic rings. The number of nitrogens with zero attached hydrogens (tertiary/aromatic N) is 2. The number of carbonyl (C=O) groups excluding carboxylic acids is 2. The number of pyridine rings is 2. The Morgan fingerprint density at radius 3 is 2.46 bits per heavy atom. The summed E-state index contributed by atoms with van der Waals surface area (Å²) in [6.07, 6.45) is 3.00. The first-order chi connectivity index (χ1) is 18.7. The molecule has 9 heteroatoms. The third kappa shape index (κ3) is 6.00. The Morgan fingerprint density at radius 1 is 1.23 bits per heavy atom. The van der Waals surface area contributed by atoms with Crippen LogP contribution in [0.2, 0.25) is 0 Å². The van der Waals surface area contributed by atoms with Crippen LogP contribution in [0.15, 0.2) is 23.0 Å². The number of aliphatic hydroxyl groups excluding tert-OH is 1. The molecule has 39 heavy (non-hydrogen) atoms. The minimum absolute atomic E-state index is 0.0374. The molecule has 0 radical (unpaired) electrons. The van der Waals surface area contributed by atoms with Crippen LogP contribution in [0.25, 0.3) is 22.3 Å². The zero-order valence-corrected chi connectivity index (χ0v) is 23.5. The molecule has 0 fully saturated rings. The van der Waals surface area contributed by atoms with Crippen molar-refractivity contribution in [3.63, 3.8) is 0 Å². The van der Waals surface area contributed by atoms with Gasteiger partial charge in [-0.05, 0) is 62.6 Å². The van der Waals surface area contributed by atoms with Crippen molar-refractivity contribution >= 4 is 23.5 Å². The van der Waals surface area contributed by atoms with E-state index in [0.717, 1.165) is 35.6 Å². The molecule has 2 aromatic heterocycles. The molecule has 3 heterocycles. The Morgan fingerprint density at radius 2 is 1.92 bits per heavy atom. The van der Waals surface area contributed by atoms with Crippen LogP contribution in [-0.4, -0.2) is 47.5 Å². The normalized spacial score (nSPS) is 14.2. The summed E-state index contributed by atoms with van der Waals surface area (Å²) < 4.78 is 21.6. The summed E-state index contributed by atoms with van der Waals surface area (Å²) >= 11 is 0. The van der Waals surface area contributed by atoms with E-state index in [1.807, 2.05) is 26.1 Å². The third-order valence-corrected chi connectivity index (χ3v) is 7.17. The van der Waals surface area contributed by atoms with Crippen LogP contribution in [0.1, 0.15) is 79.8 Å². The molecule has 3 unspecified atom stereocenters. The van der Waals surface area contributed by atoms with Gasteiger partial charge < -0.3 is 29.3 Å². The number of methoxy groups -OCH3 is 1. The summed E-state index contributed by atoms with van der Waals surface area (Å²) in [6, 6.07) is 5.29. The monoisotopic (exact) mass is 539 g/mol. The van der Waals surface area contributed by atoms with Gasteiger partial charge in [-0.25, -0.2) is 9.37 Å². The number of nitrogens with one attached hydrogen (secondary N) is 1. The van der Waals surface area contributed by atoms with Gasteiger partial charge in [0, 0.05) is 41.6 Å². The van der Waals surface area contributed by atoms with Crippen LogP contribution in [0, 0.1) is 12.7 Å². The number of carbonyl (C=O) groups is 2. The summed E-state index contributed by atoms with van der Waals surface area (Å²) in [5.41, 5.74) is 5.55. The van der Waals surface area contributed by atoms with Gasteiger partial charge in [0.25, 0.3) is 5.56 Å². The highest BCUT2D eigenvalue weighted by molar-refractivity contribution is 5.89. The fourth-order valence-electron chi connectivity index (χ4n) is 5.18. The molecule has 1 aromatic carbocycles. The average Bonchev–Trinajstić information content (AvgIpc) is 3.28. The maximum absolute atomic E-state index is 14.6. The van der Waals surface area contributed by atoms with Gasteiger partial charge in [0.15, 0.2) is 0 Å². The highest BCUT2D eigenvalue weighted by Gasteiger charge is 2.31. The molecule has 0 amide bonds. The molecular formula is C30H38FN3O5. The van der Waals surface area contributed by atoms with Gasteiger partial charge in [0.05, 0.1) is 30.1 Å². The Labute approximate surface area is 228 Å². The van der Waals surface area contributed by atoms with E-state index in [-0.39, 0.29) is 24.0 Å². The maximum atomic E-state index is 14.6. The van der Waals surface area contributed by atoms with Gasteiger partial charge in [0.1, 0.15) is 24.5 Å². The van der Waals surface area contributed by atoms with E-state index in [9.17, 15) is 18.8 Å². The van der Waals surface area contributed by atoms with Crippen LogP contribution < -0.4 is 10.9 Å². The van der Waals surface area contributed by atoms with E-state index in [4.69, 9.17) is 14.8 Å². The van der Waals surface area contributed by atoms with E-state index in [1.165, 1.54) is 13.0 Å². The molecule has 2 N–H and O–H groups in total. The van der Waals surface area contributed by atoms with Crippen molar-refractivity contribution < 1.29 is 23.8 Å². The predicted molar refractivity (Wildman–Crippen MR) is 149 cm³/mol. The van der Waals surface area contributed by atoms with E-state index in [1.54, 1.807) is 18.6 Å². The Kier molecular flexibility index (Phi) is 10.2. The van der Waals surface area contributed by atoms with E-state index >= 15 is 0 Å². The smallest absolute Gasteiger partial charge is 0.257 e. The number of benzene rings is 1. The van der Waals surface area contributed by atoms with Gasteiger partial charge in [-0.3, -0.25) is 4.79 Å². The lowest BCUT2D eigenvalue weighted by Gasteiger charge is -2.21. The summed E-state index contributed by atoms with van der Waals surface area (Å²) in [6.45, 7) is 7.74. The quantitative estimate of drug-likeness (QED) is 0.289. The Balaban J connectivity index is 0.000000771. The van der Waals surface area contributed by atoms with Gasteiger partial charge in [-0.1, -0.05) is 20.3 Å². The molecule has 4 rings (SSSR count). The number of halogens is 1. The minimum Gasteiger partial charge on any atom is -0.386 e. The summed E-state index contributed by atoms with van der Waals surface area (Å²) in [5.74, 6) is -0.709. The zero-order chi connectivity index (χ0) is 28.9. The number of rotatable bonds is 10. The lowest BCUT2D eigenvalue weighted by atomic mass is 9.91. The molecule has 1 aliphatic heterocycles. The Hall–Kier alpha value is -3.27. The summed E-state index contributed by atoms with van der Waals surface area (Å²) in [4.78, 5) is 39.6. The molecule has 0 spiro atoms. The average molecular weight is 540 g/mol. The second-order valence-electron chi connectivity index (χ2n) is 9.92. The molecule has 1 aliphatic rings. The first-order valence-electron chi connectivity index (χ1n) is 13.3. The van der Waals surface area contributed by atoms with Crippen LogP contribution in [0.5, 0.6) is 0 Å². The zero-order valence-electron chi connectivity index (χ0n) is 23.5. The van der Waals surface area contributed by atoms with Crippen LogP contribution in [-0.2, 0) is 27.5 Å². The van der Waals surface area contributed by atoms with Gasteiger partial charge >= 0.3 is 0 Å². The van der Waals surface area contributed by atoms with Crippen LogP contribution in [0.3, 0.4) is 0 Å². The second-order valence-corrected chi connectivity index (χ2v) is 9.92. The minimum atomic E-state index is -0.796. The lowest BCUT2D eigenvalue weighted by molar-refractivity contribution is -0.114. The SMILES string of the molecule is CC(O)C=O.CCCC(NC)c1c2c(nc3cc(F)c(C)cc13)-c1cc(C(C=O)CC)c(COC)c(=O)n1C2. The highest BCUT2D eigenvalue weighted by Crippen LogP contribution is 2.41. The molecule has 0 aliphatic carbocycles. The van der Waals surface area contributed by atoms with Crippen molar-refractivity contribution in [3.05, 3.63) is 62.2 Å². The van der Waals surface area contributed by atoms with E-state index in [0.29, 0.717) is 52.8 Å². The molecule has 8 nitrogen and oxygen atoms in total. The number of aliphatic hydroxyl groups is 1. The molecule has 210 valence electrons.